The number of nitrogens with zero attached hydrogens (tertiary/aromatic N) is 3. The maximum atomic E-state index is 12.3. The first-order valence-electron chi connectivity index (χ1n) is 7.99. The molecule has 1 N–H and O–H groups in total. The van der Waals surface area contributed by atoms with E-state index in [1.807, 2.05) is 43.5 Å². The summed E-state index contributed by atoms with van der Waals surface area (Å²) in [4.78, 5) is 12.3. The fourth-order valence-corrected chi connectivity index (χ4v) is 3.21. The average Bonchev–Trinajstić information content (AvgIpc) is 3.08. The van der Waals surface area contributed by atoms with Crippen molar-refractivity contribution in [3.8, 4) is 11.5 Å². The molecule has 25 heavy (non-hydrogen) atoms. The molecule has 0 aliphatic rings. The van der Waals surface area contributed by atoms with Crippen LogP contribution in [0.4, 0.5) is 0 Å². The Hall–Kier alpha value is -2.22. The van der Waals surface area contributed by atoms with Crippen LogP contribution in [0.15, 0.2) is 29.7 Å². The summed E-state index contributed by atoms with van der Waals surface area (Å²) in [6, 6.07) is 5.57. The predicted octanol–water partition coefficient (Wildman–Crippen LogP) is 2.85. The highest BCUT2D eigenvalue weighted by atomic mass is 32.2. The Kier molecular flexibility index (Phi) is 6.69. The smallest absolute Gasteiger partial charge is 0.230 e. The molecule has 0 radical (unpaired) electrons. The van der Waals surface area contributed by atoms with Crippen molar-refractivity contribution >= 4 is 17.7 Å². The minimum absolute atomic E-state index is 0.0827. The molecular formula is C17H24N4O3S. The van der Waals surface area contributed by atoms with Crippen molar-refractivity contribution in [2.75, 3.05) is 20.0 Å². The van der Waals surface area contributed by atoms with Crippen LogP contribution in [0.3, 0.4) is 0 Å². The van der Waals surface area contributed by atoms with Gasteiger partial charge < -0.3 is 19.4 Å². The van der Waals surface area contributed by atoms with Gasteiger partial charge in [-0.15, -0.1) is 10.2 Å². The molecule has 1 aromatic carbocycles. The molecule has 0 bridgehead atoms. The fourth-order valence-electron chi connectivity index (χ4n) is 2.36. The van der Waals surface area contributed by atoms with Gasteiger partial charge in [0.1, 0.15) is 17.8 Å². The second-order valence-corrected chi connectivity index (χ2v) is 6.74. The van der Waals surface area contributed by atoms with Crippen molar-refractivity contribution in [1.29, 1.82) is 0 Å². The largest absolute Gasteiger partial charge is 0.497 e. The van der Waals surface area contributed by atoms with E-state index in [1.165, 1.54) is 11.8 Å². The lowest BCUT2D eigenvalue weighted by atomic mass is 10.1. The summed E-state index contributed by atoms with van der Waals surface area (Å²) < 4.78 is 12.6. The first-order chi connectivity index (χ1) is 12.0. The van der Waals surface area contributed by atoms with Crippen molar-refractivity contribution in [3.05, 3.63) is 30.1 Å². The van der Waals surface area contributed by atoms with E-state index in [2.05, 4.69) is 15.5 Å². The van der Waals surface area contributed by atoms with E-state index >= 15 is 0 Å². The lowest BCUT2D eigenvalue weighted by Crippen LogP contribution is -2.28. The van der Waals surface area contributed by atoms with Gasteiger partial charge in [0.2, 0.25) is 5.91 Å². The van der Waals surface area contributed by atoms with Crippen LogP contribution in [0.5, 0.6) is 11.5 Å². The van der Waals surface area contributed by atoms with Crippen LogP contribution in [-0.4, -0.2) is 40.6 Å². The maximum Gasteiger partial charge on any atom is 0.230 e. The molecule has 0 spiro atoms. The number of aromatic nitrogens is 3. The standard InChI is InChI=1S/C17H24N4O3S/c1-11(2)21-10-18-20-17(21)25-9-16(22)19-12(3)14-8-13(23-4)6-7-15(14)24-5/h6-8,10-12H,9H2,1-5H3,(H,19,22). The van der Waals surface area contributed by atoms with Crippen LogP contribution in [0.2, 0.25) is 0 Å². The lowest BCUT2D eigenvalue weighted by molar-refractivity contribution is -0.119. The molecule has 8 heteroatoms. The summed E-state index contributed by atoms with van der Waals surface area (Å²) >= 11 is 1.37. The average molecular weight is 364 g/mol. The van der Waals surface area contributed by atoms with Crippen LogP contribution in [0.1, 0.15) is 38.4 Å². The Balaban J connectivity index is 1.99. The number of rotatable bonds is 8. The molecule has 2 rings (SSSR count). The maximum absolute atomic E-state index is 12.3. The van der Waals surface area contributed by atoms with E-state index in [0.717, 1.165) is 16.5 Å². The van der Waals surface area contributed by atoms with Gasteiger partial charge in [0.25, 0.3) is 0 Å². The van der Waals surface area contributed by atoms with E-state index in [1.54, 1.807) is 20.5 Å². The molecule has 1 amide bonds. The van der Waals surface area contributed by atoms with Crippen molar-refractivity contribution in [1.82, 2.24) is 20.1 Å². The third-order valence-electron chi connectivity index (χ3n) is 3.71. The van der Waals surface area contributed by atoms with Crippen molar-refractivity contribution in [2.45, 2.75) is 38.0 Å². The summed E-state index contributed by atoms with van der Waals surface area (Å²) in [5.41, 5.74) is 0.866. The Morgan fingerprint density at radius 2 is 2.04 bits per heavy atom. The van der Waals surface area contributed by atoms with Crippen molar-refractivity contribution < 1.29 is 14.3 Å². The van der Waals surface area contributed by atoms with Gasteiger partial charge in [0.15, 0.2) is 5.16 Å². The summed E-state index contributed by atoms with van der Waals surface area (Å²) in [5, 5.41) is 11.7. The van der Waals surface area contributed by atoms with Crippen LogP contribution in [-0.2, 0) is 4.79 Å². The zero-order valence-corrected chi connectivity index (χ0v) is 16.0. The van der Waals surface area contributed by atoms with Crippen molar-refractivity contribution in [2.24, 2.45) is 0 Å². The molecule has 136 valence electrons. The quantitative estimate of drug-likeness (QED) is 0.726. The van der Waals surface area contributed by atoms with Gasteiger partial charge in [-0.3, -0.25) is 4.79 Å². The molecule has 7 nitrogen and oxygen atoms in total. The van der Waals surface area contributed by atoms with Crippen molar-refractivity contribution in [3.63, 3.8) is 0 Å². The van der Waals surface area contributed by atoms with Crippen LogP contribution >= 0.6 is 11.8 Å². The molecule has 2 aromatic rings. The van der Waals surface area contributed by atoms with E-state index in [4.69, 9.17) is 9.47 Å². The summed E-state index contributed by atoms with van der Waals surface area (Å²) in [5.74, 6) is 1.61. The monoisotopic (exact) mass is 364 g/mol. The SMILES string of the molecule is COc1ccc(OC)c(C(C)NC(=O)CSc2nncn2C(C)C)c1. The van der Waals surface area contributed by atoms with Gasteiger partial charge in [-0.2, -0.15) is 0 Å². The van der Waals surface area contributed by atoms with Gasteiger partial charge in [-0.1, -0.05) is 11.8 Å². The molecule has 1 atom stereocenters. The molecule has 0 aliphatic heterocycles. The molecule has 1 aromatic heterocycles. The van der Waals surface area contributed by atoms with Gasteiger partial charge in [0.05, 0.1) is 26.0 Å². The third-order valence-corrected chi connectivity index (χ3v) is 4.67. The predicted molar refractivity (Wildman–Crippen MR) is 97.2 cm³/mol. The number of carbonyl (C=O) groups is 1. The number of ether oxygens (including phenoxy) is 2. The molecule has 1 heterocycles. The highest BCUT2D eigenvalue weighted by Crippen LogP contribution is 2.29. The number of thioether (sulfide) groups is 1. The topological polar surface area (TPSA) is 78.3 Å². The second-order valence-electron chi connectivity index (χ2n) is 5.80. The molecule has 0 saturated carbocycles. The number of nitrogens with one attached hydrogen (secondary N) is 1. The zero-order chi connectivity index (χ0) is 18.4. The normalized spacial score (nSPS) is 12.1. The van der Waals surface area contributed by atoms with E-state index in [9.17, 15) is 4.79 Å². The van der Waals surface area contributed by atoms with E-state index in [-0.39, 0.29) is 23.7 Å². The van der Waals surface area contributed by atoms with E-state index < -0.39 is 0 Å². The molecular weight excluding hydrogens is 340 g/mol. The summed E-state index contributed by atoms with van der Waals surface area (Å²) in [6.07, 6.45) is 1.68. The Labute approximate surface area is 152 Å². The second kappa shape index (κ2) is 8.75. The van der Waals surface area contributed by atoms with Crippen LogP contribution < -0.4 is 14.8 Å². The Morgan fingerprint density at radius 3 is 2.68 bits per heavy atom. The van der Waals surface area contributed by atoms with E-state index in [0.29, 0.717) is 5.75 Å². The lowest BCUT2D eigenvalue weighted by Gasteiger charge is -2.18. The van der Waals surface area contributed by atoms with Crippen LogP contribution in [0.25, 0.3) is 0 Å². The number of carbonyl (C=O) groups excluding carboxylic acids is 1. The third kappa shape index (κ3) is 4.88. The summed E-state index contributed by atoms with van der Waals surface area (Å²) in [7, 11) is 3.21. The zero-order valence-electron chi connectivity index (χ0n) is 15.1. The minimum atomic E-state index is -0.207. The minimum Gasteiger partial charge on any atom is -0.497 e. The Bertz CT molecular complexity index is 718. The number of hydrogen-bond donors (Lipinski definition) is 1. The molecule has 0 aliphatic carbocycles. The highest BCUT2D eigenvalue weighted by molar-refractivity contribution is 7.99. The Morgan fingerprint density at radius 1 is 1.28 bits per heavy atom. The van der Waals surface area contributed by atoms with Crippen LogP contribution in [0, 0.1) is 0 Å². The van der Waals surface area contributed by atoms with Gasteiger partial charge >= 0.3 is 0 Å². The number of methoxy groups -OCH3 is 2. The molecule has 0 saturated heterocycles. The van der Waals surface area contributed by atoms with Gasteiger partial charge in [0, 0.05) is 11.6 Å². The number of amides is 1. The highest BCUT2D eigenvalue weighted by Gasteiger charge is 2.16. The van der Waals surface area contributed by atoms with Gasteiger partial charge in [-0.25, -0.2) is 0 Å². The van der Waals surface area contributed by atoms with Gasteiger partial charge in [-0.05, 0) is 39.0 Å². The fraction of sp³-hybridized carbons (Fsp3) is 0.471. The molecule has 1 unspecified atom stereocenters. The molecule has 0 fully saturated rings. The number of benzene rings is 1. The first-order valence-corrected chi connectivity index (χ1v) is 8.98. The number of hydrogen-bond acceptors (Lipinski definition) is 6. The first kappa shape index (κ1) is 19.1. The summed E-state index contributed by atoms with van der Waals surface area (Å²) in [6.45, 7) is 6.01.